The number of hydrogen-bond acceptors (Lipinski definition) is 3. The Morgan fingerprint density at radius 2 is 1.26 bits per heavy atom. The van der Waals surface area contributed by atoms with E-state index in [1.165, 1.54) is 103 Å². The zero-order valence-corrected chi connectivity index (χ0v) is 24.2. The molecule has 0 aromatic heterocycles. The second-order valence-electron chi connectivity index (χ2n) is 12.1. The van der Waals surface area contributed by atoms with Crippen LogP contribution in [-0.4, -0.2) is 18.4 Å². The van der Waals surface area contributed by atoms with E-state index in [9.17, 15) is 9.59 Å². The number of carbonyl (C=O) groups excluding carboxylic acids is 2. The van der Waals surface area contributed by atoms with Crippen LogP contribution in [0, 0.1) is 16.7 Å². The molecular formula is C32H58O3. The van der Waals surface area contributed by atoms with Gasteiger partial charge in [0.15, 0.2) is 0 Å². The van der Waals surface area contributed by atoms with Gasteiger partial charge in [-0.3, -0.25) is 4.79 Å². The summed E-state index contributed by atoms with van der Waals surface area (Å²) in [6, 6.07) is 0. The third-order valence-corrected chi connectivity index (χ3v) is 9.06. The fourth-order valence-electron chi connectivity index (χ4n) is 5.84. The predicted octanol–water partition coefficient (Wildman–Crippen LogP) is 9.77. The standard InChI is InChI=1S/C22H42O2.C10H16O/c1-4-5-6-7-8-9-10-11-12-13-14-15-16-17-18-19-20-24-22(23)21(2)3;1-9(2)7-4-5-10(9,3)8(11)6-7/h2,4-20H2,1,3H3;7H,4-6H2,1-3H3. The molecule has 0 amide bonds. The molecule has 3 nitrogen and oxygen atoms in total. The summed E-state index contributed by atoms with van der Waals surface area (Å²) < 4.78 is 5.08. The molecule has 2 aliphatic rings. The number of Topliss-reactive ketones (excluding diaryl/α,β-unsaturated/α-hetero) is 1. The Kier molecular flexibility index (Phi) is 15.8. The highest BCUT2D eigenvalue weighted by Gasteiger charge is 2.61. The van der Waals surface area contributed by atoms with Crippen LogP contribution in [-0.2, 0) is 14.3 Å². The van der Waals surface area contributed by atoms with Crippen LogP contribution in [0.15, 0.2) is 12.2 Å². The summed E-state index contributed by atoms with van der Waals surface area (Å²) in [4.78, 5) is 22.8. The molecular weight excluding hydrogens is 432 g/mol. The Morgan fingerprint density at radius 3 is 1.54 bits per heavy atom. The van der Waals surface area contributed by atoms with Crippen LogP contribution in [0.1, 0.15) is 157 Å². The van der Waals surface area contributed by atoms with Gasteiger partial charge in [0.25, 0.3) is 0 Å². The number of fused-ring (bicyclic) bond motifs is 2. The van der Waals surface area contributed by atoms with E-state index in [2.05, 4.69) is 34.3 Å². The van der Waals surface area contributed by atoms with E-state index in [4.69, 9.17) is 4.74 Å². The first kappa shape index (κ1) is 31.9. The van der Waals surface area contributed by atoms with Crippen LogP contribution >= 0.6 is 0 Å². The van der Waals surface area contributed by atoms with Crippen molar-refractivity contribution < 1.29 is 14.3 Å². The number of ketones is 1. The van der Waals surface area contributed by atoms with Crippen molar-refractivity contribution in [3.05, 3.63) is 12.2 Å². The normalized spacial score (nSPS) is 22.1. The van der Waals surface area contributed by atoms with Gasteiger partial charge < -0.3 is 4.74 Å². The first-order valence-electron chi connectivity index (χ1n) is 15.0. The van der Waals surface area contributed by atoms with Gasteiger partial charge in [0, 0.05) is 17.4 Å². The second-order valence-corrected chi connectivity index (χ2v) is 12.1. The number of ether oxygens (including phenoxy) is 1. The molecule has 0 spiro atoms. The third-order valence-electron chi connectivity index (χ3n) is 9.06. The molecule has 0 saturated heterocycles. The highest BCUT2D eigenvalue weighted by atomic mass is 16.5. The van der Waals surface area contributed by atoms with Crippen LogP contribution in [0.5, 0.6) is 0 Å². The molecule has 2 unspecified atom stereocenters. The lowest BCUT2D eigenvalue weighted by Crippen LogP contribution is -2.32. The smallest absolute Gasteiger partial charge is 0.333 e. The number of rotatable bonds is 18. The summed E-state index contributed by atoms with van der Waals surface area (Å²) in [7, 11) is 0. The minimum atomic E-state index is -0.254. The van der Waals surface area contributed by atoms with Crippen molar-refractivity contribution in [2.24, 2.45) is 16.7 Å². The van der Waals surface area contributed by atoms with Crippen LogP contribution in [0.25, 0.3) is 0 Å². The van der Waals surface area contributed by atoms with Gasteiger partial charge in [-0.15, -0.1) is 0 Å². The van der Waals surface area contributed by atoms with E-state index in [-0.39, 0.29) is 16.8 Å². The Labute approximate surface area is 218 Å². The van der Waals surface area contributed by atoms with Crippen molar-refractivity contribution in [3.8, 4) is 0 Å². The molecule has 0 aliphatic heterocycles. The van der Waals surface area contributed by atoms with Crippen LogP contribution in [0.3, 0.4) is 0 Å². The van der Waals surface area contributed by atoms with E-state index in [1.54, 1.807) is 6.92 Å². The number of carbonyl (C=O) groups is 2. The van der Waals surface area contributed by atoms with Gasteiger partial charge in [-0.1, -0.05) is 131 Å². The zero-order valence-electron chi connectivity index (χ0n) is 24.2. The average Bonchev–Trinajstić information content (AvgIpc) is 3.14. The van der Waals surface area contributed by atoms with E-state index in [1.807, 2.05) is 0 Å². The first-order valence-corrected chi connectivity index (χ1v) is 15.0. The SMILES string of the molecule is C=C(C)C(=O)OCCCCCCCCCCCCCCCCCC.CC12CCC(CC1=O)C2(C)C. The fourth-order valence-corrected chi connectivity index (χ4v) is 5.84. The summed E-state index contributed by atoms with van der Waals surface area (Å²) in [5.74, 6) is 0.940. The molecule has 2 atom stereocenters. The summed E-state index contributed by atoms with van der Waals surface area (Å²) in [6.07, 6.45) is 25.0. The summed E-state index contributed by atoms with van der Waals surface area (Å²) in [5.41, 5.74) is 0.799. The maximum absolute atomic E-state index is 11.6. The molecule has 2 fully saturated rings. The van der Waals surface area contributed by atoms with E-state index < -0.39 is 0 Å². The molecule has 35 heavy (non-hydrogen) atoms. The Balaban J connectivity index is 0.000000453. The molecule has 0 aromatic rings. The lowest BCUT2D eigenvalue weighted by atomic mass is 9.70. The van der Waals surface area contributed by atoms with Gasteiger partial charge in [0.2, 0.25) is 0 Å². The number of unbranched alkanes of at least 4 members (excludes halogenated alkanes) is 15. The Hall–Kier alpha value is -1.12. The molecule has 2 aliphatic carbocycles. The molecule has 204 valence electrons. The Morgan fingerprint density at radius 1 is 0.829 bits per heavy atom. The minimum Gasteiger partial charge on any atom is -0.462 e. The van der Waals surface area contributed by atoms with Crippen molar-refractivity contribution >= 4 is 11.8 Å². The minimum absolute atomic E-state index is 0.0255. The fraction of sp³-hybridized carbons (Fsp3) is 0.875. The summed E-state index contributed by atoms with van der Waals surface area (Å²) >= 11 is 0. The predicted molar refractivity (Wildman–Crippen MR) is 150 cm³/mol. The first-order chi connectivity index (χ1) is 16.7. The van der Waals surface area contributed by atoms with Gasteiger partial charge in [0.1, 0.15) is 5.78 Å². The lowest BCUT2D eigenvalue weighted by Gasteiger charge is -2.32. The van der Waals surface area contributed by atoms with Gasteiger partial charge >= 0.3 is 5.97 Å². The van der Waals surface area contributed by atoms with Crippen molar-refractivity contribution in [2.45, 2.75) is 157 Å². The topological polar surface area (TPSA) is 43.4 Å². The van der Waals surface area contributed by atoms with E-state index in [0.29, 0.717) is 23.9 Å². The van der Waals surface area contributed by atoms with Gasteiger partial charge in [-0.05, 0) is 37.5 Å². The molecule has 0 radical (unpaired) electrons. The molecule has 2 bridgehead atoms. The molecule has 0 N–H and O–H groups in total. The van der Waals surface area contributed by atoms with Crippen LogP contribution in [0.2, 0.25) is 0 Å². The Bertz CT molecular complexity index is 620. The summed E-state index contributed by atoms with van der Waals surface area (Å²) in [5, 5.41) is 0. The average molecular weight is 491 g/mol. The van der Waals surface area contributed by atoms with E-state index >= 15 is 0 Å². The van der Waals surface area contributed by atoms with Crippen molar-refractivity contribution in [1.82, 2.24) is 0 Å². The third kappa shape index (κ3) is 11.2. The number of esters is 1. The number of hydrogen-bond donors (Lipinski definition) is 0. The highest BCUT2D eigenvalue weighted by molar-refractivity contribution is 5.89. The van der Waals surface area contributed by atoms with Crippen molar-refractivity contribution in [2.75, 3.05) is 6.61 Å². The zero-order chi connectivity index (χ0) is 26.2. The summed E-state index contributed by atoms with van der Waals surface area (Å²) in [6.45, 7) is 14.8. The largest absolute Gasteiger partial charge is 0.462 e. The van der Waals surface area contributed by atoms with E-state index in [0.717, 1.165) is 19.3 Å². The lowest BCUT2D eigenvalue weighted by molar-refractivity contribution is -0.139. The molecule has 0 aromatic carbocycles. The molecule has 3 heteroatoms. The monoisotopic (exact) mass is 490 g/mol. The maximum Gasteiger partial charge on any atom is 0.333 e. The van der Waals surface area contributed by atoms with Crippen molar-refractivity contribution in [1.29, 1.82) is 0 Å². The van der Waals surface area contributed by atoms with Gasteiger partial charge in [-0.25, -0.2) is 4.79 Å². The molecule has 0 heterocycles. The van der Waals surface area contributed by atoms with Gasteiger partial charge in [0.05, 0.1) is 6.61 Å². The van der Waals surface area contributed by atoms with Crippen molar-refractivity contribution in [3.63, 3.8) is 0 Å². The maximum atomic E-state index is 11.6. The second kappa shape index (κ2) is 17.4. The van der Waals surface area contributed by atoms with Gasteiger partial charge in [-0.2, -0.15) is 0 Å². The molecule has 2 saturated carbocycles. The van der Waals surface area contributed by atoms with Crippen LogP contribution in [0.4, 0.5) is 0 Å². The van der Waals surface area contributed by atoms with Crippen LogP contribution < -0.4 is 0 Å². The highest BCUT2D eigenvalue weighted by Crippen LogP contribution is 2.63. The molecule has 2 rings (SSSR count). The quantitative estimate of drug-likeness (QED) is 0.109.